The predicted octanol–water partition coefficient (Wildman–Crippen LogP) is 4.97. The first-order valence-corrected chi connectivity index (χ1v) is 13.8. The highest BCUT2D eigenvalue weighted by Gasteiger charge is 2.19. The standard InChI is InChI=1S/C26H29N3O3S2/c1-19(18-30)17-28-34(31,32)25(16-27)15-24-9-10-26(33-24)22-6-5-21-14-23(8-7-20(21)13-22)29-11-3-2-4-12-29/h5-10,13-15,19,28,30H,2-4,11-12,17-18H2,1H3/b25-15+. The second kappa shape index (κ2) is 10.7. The number of hydrogen-bond acceptors (Lipinski definition) is 6. The van der Waals surface area contributed by atoms with Gasteiger partial charge in [0.2, 0.25) is 0 Å². The van der Waals surface area contributed by atoms with E-state index in [-0.39, 0.29) is 24.0 Å². The summed E-state index contributed by atoms with van der Waals surface area (Å²) in [6.45, 7) is 3.90. The molecule has 0 amide bonds. The van der Waals surface area contributed by atoms with E-state index in [4.69, 9.17) is 5.11 Å². The molecule has 3 aromatic rings. The zero-order valence-corrected chi connectivity index (χ0v) is 20.8. The van der Waals surface area contributed by atoms with Gasteiger partial charge in [-0.2, -0.15) is 5.26 Å². The second-order valence-electron chi connectivity index (χ2n) is 8.76. The molecule has 0 bridgehead atoms. The monoisotopic (exact) mass is 495 g/mol. The van der Waals surface area contributed by atoms with Gasteiger partial charge in [-0.25, -0.2) is 13.1 Å². The fourth-order valence-electron chi connectivity index (χ4n) is 4.01. The number of nitrogens with one attached hydrogen (secondary N) is 1. The van der Waals surface area contributed by atoms with Crippen LogP contribution in [0, 0.1) is 17.2 Å². The summed E-state index contributed by atoms with van der Waals surface area (Å²) in [5.41, 5.74) is 2.33. The molecule has 1 fully saturated rings. The highest BCUT2D eigenvalue weighted by atomic mass is 32.2. The lowest BCUT2D eigenvalue weighted by Gasteiger charge is -2.29. The molecule has 0 spiro atoms. The number of benzene rings is 2. The van der Waals surface area contributed by atoms with Gasteiger partial charge in [0.05, 0.1) is 0 Å². The summed E-state index contributed by atoms with van der Waals surface area (Å²) < 4.78 is 27.3. The lowest BCUT2D eigenvalue weighted by Crippen LogP contribution is -2.30. The Bertz CT molecular complexity index is 1330. The smallest absolute Gasteiger partial charge is 0.250 e. The summed E-state index contributed by atoms with van der Waals surface area (Å²) in [6.07, 6.45) is 5.20. The van der Waals surface area contributed by atoms with E-state index in [2.05, 4.69) is 46.0 Å². The molecule has 178 valence electrons. The number of nitriles is 1. The van der Waals surface area contributed by atoms with Gasteiger partial charge in [0.1, 0.15) is 6.07 Å². The molecule has 1 aliphatic rings. The second-order valence-corrected chi connectivity index (χ2v) is 11.6. The molecule has 2 heterocycles. The van der Waals surface area contributed by atoms with Crippen molar-refractivity contribution in [3.63, 3.8) is 0 Å². The zero-order chi connectivity index (χ0) is 24.1. The van der Waals surface area contributed by atoms with Gasteiger partial charge in [0.25, 0.3) is 10.0 Å². The third-order valence-corrected chi connectivity index (χ3v) is 8.48. The summed E-state index contributed by atoms with van der Waals surface area (Å²) >= 11 is 1.44. The average molecular weight is 496 g/mol. The Labute approximate surface area is 205 Å². The summed E-state index contributed by atoms with van der Waals surface area (Å²) in [6, 6.07) is 18.5. The molecule has 0 saturated carbocycles. The molecule has 1 atom stereocenters. The summed E-state index contributed by atoms with van der Waals surface area (Å²) in [5, 5.41) is 20.9. The van der Waals surface area contributed by atoms with Gasteiger partial charge in [-0.1, -0.05) is 25.1 Å². The van der Waals surface area contributed by atoms with Crippen molar-refractivity contribution in [2.45, 2.75) is 26.2 Å². The lowest BCUT2D eigenvalue weighted by atomic mass is 10.0. The lowest BCUT2D eigenvalue weighted by molar-refractivity contribution is 0.239. The summed E-state index contributed by atoms with van der Waals surface area (Å²) in [4.78, 5) is 3.81. The van der Waals surface area contributed by atoms with Crippen LogP contribution >= 0.6 is 11.3 Å². The van der Waals surface area contributed by atoms with E-state index in [9.17, 15) is 13.7 Å². The Balaban J connectivity index is 1.54. The first-order valence-electron chi connectivity index (χ1n) is 11.5. The number of piperidine rings is 1. The van der Waals surface area contributed by atoms with Crippen molar-refractivity contribution in [3.8, 4) is 16.5 Å². The maximum Gasteiger partial charge on any atom is 0.250 e. The van der Waals surface area contributed by atoms with Gasteiger partial charge in [-0.15, -0.1) is 11.3 Å². The van der Waals surface area contributed by atoms with Crippen molar-refractivity contribution < 1.29 is 13.5 Å². The normalized spacial score (nSPS) is 15.9. The molecule has 1 saturated heterocycles. The maximum atomic E-state index is 12.5. The Kier molecular flexibility index (Phi) is 7.69. The van der Waals surface area contributed by atoms with E-state index in [0.717, 1.165) is 28.9 Å². The van der Waals surface area contributed by atoms with Crippen molar-refractivity contribution >= 4 is 43.9 Å². The van der Waals surface area contributed by atoms with E-state index in [1.807, 2.05) is 12.1 Å². The van der Waals surface area contributed by atoms with Crippen molar-refractivity contribution in [2.75, 3.05) is 31.1 Å². The number of fused-ring (bicyclic) bond motifs is 1. The minimum Gasteiger partial charge on any atom is -0.396 e. The fourth-order valence-corrected chi connectivity index (χ4v) is 6.10. The van der Waals surface area contributed by atoms with E-state index in [1.165, 1.54) is 47.7 Å². The molecule has 6 nitrogen and oxygen atoms in total. The first kappa shape index (κ1) is 24.4. The van der Waals surface area contributed by atoms with E-state index in [1.54, 1.807) is 13.0 Å². The number of aliphatic hydroxyl groups is 1. The van der Waals surface area contributed by atoms with Crippen LogP contribution in [0.2, 0.25) is 0 Å². The molecule has 0 aliphatic carbocycles. The van der Waals surface area contributed by atoms with Crippen LogP contribution in [-0.4, -0.2) is 39.8 Å². The van der Waals surface area contributed by atoms with Gasteiger partial charge in [-0.3, -0.25) is 0 Å². The number of nitrogens with zero attached hydrogens (tertiary/aromatic N) is 2. The Hall–Kier alpha value is -2.70. The molecular weight excluding hydrogens is 466 g/mol. The van der Waals surface area contributed by atoms with Crippen LogP contribution < -0.4 is 9.62 Å². The topological polar surface area (TPSA) is 93.4 Å². The summed E-state index contributed by atoms with van der Waals surface area (Å²) in [5.74, 6) is -0.230. The first-order chi connectivity index (χ1) is 16.4. The number of allylic oxidation sites excluding steroid dienone is 1. The average Bonchev–Trinajstić information content (AvgIpc) is 3.34. The number of hydrogen-bond donors (Lipinski definition) is 2. The van der Waals surface area contributed by atoms with Gasteiger partial charge >= 0.3 is 0 Å². The third kappa shape index (κ3) is 5.68. The van der Waals surface area contributed by atoms with E-state index in [0.29, 0.717) is 4.88 Å². The van der Waals surface area contributed by atoms with Crippen molar-refractivity contribution in [2.24, 2.45) is 5.92 Å². The molecule has 1 unspecified atom stereocenters. The van der Waals surface area contributed by atoms with E-state index >= 15 is 0 Å². The zero-order valence-electron chi connectivity index (χ0n) is 19.2. The molecule has 4 rings (SSSR count). The highest BCUT2D eigenvalue weighted by Crippen LogP contribution is 2.33. The SMILES string of the molecule is CC(CO)CNS(=O)(=O)/C(C#N)=C/c1ccc(-c2ccc3cc(N4CCCCC4)ccc3c2)s1. The molecule has 2 N–H and O–H groups in total. The van der Waals surface area contributed by atoms with Crippen LogP contribution in [0.25, 0.3) is 27.3 Å². The molecule has 2 aromatic carbocycles. The van der Waals surface area contributed by atoms with Gasteiger partial charge in [-0.05, 0) is 77.9 Å². The van der Waals surface area contributed by atoms with Crippen molar-refractivity contribution in [3.05, 3.63) is 58.3 Å². The number of anilines is 1. The van der Waals surface area contributed by atoms with Gasteiger partial charge in [0, 0.05) is 41.7 Å². The molecular formula is C26H29N3O3S2. The molecule has 34 heavy (non-hydrogen) atoms. The highest BCUT2D eigenvalue weighted by molar-refractivity contribution is 7.93. The molecule has 1 aliphatic heterocycles. The van der Waals surface area contributed by atoms with Crippen LogP contribution in [0.15, 0.2) is 53.4 Å². The van der Waals surface area contributed by atoms with Gasteiger partial charge in [0.15, 0.2) is 4.91 Å². The van der Waals surface area contributed by atoms with Crippen LogP contribution in [-0.2, 0) is 10.0 Å². The van der Waals surface area contributed by atoms with E-state index < -0.39 is 10.0 Å². The Morgan fingerprint density at radius 1 is 1.15 bits per heavy atom. The largest absolute Gasteiger partial charge is 0.396 e. The Morgan fingerprint density at radius 3 is 2.62 bits per heavy atom. The minimum absolute atomic E-state index is 0.0735. The third-order valence-electron chi connectivity index (χ3n) is 6.06. The van der Waals surface area contributed by atoms with Crippen molar-refractivity contribution in [1.29, 1.82) is 5.26 Å². The molecule has 8 heteroatoms. The quantitative estimate of drug-likeness (QED) is 0.430. The minimum atomic E-state index is -3.93. The van der Waals surface area contributed by atoms with Crippen LogP contribution in [0.1, 0.15) is 31.1 Å². The Morgan fingerprint density at radius 2 is 1.88 bits per heavy atom. The predicted molar refractivity (Wildman–Crippen MR) is 140 cm³/mol. The summed E-state index contributed by atoms with van der Waals surface area (Å²) in [7, 11) is -3.93. The maximum absolute atomic E-state index is 12.5. The molecule has 0 radical (unpaired) electrons. The molecule has 1 aromatic heterocycles. The number of sulfonamides is 1. The fraction of sp³-hybridized carbons (Fsp3) is 0.346. The number of aliphatic hydroxyl groups excluding tert-OH is 1. The number of thiophene rings is 1. The van der Waals surface area contributed by atoms with Crippen LogP contribution in [0.5, 0.6) is 0 Å². The van der Waals surface area contributed by atoms with Crippen LogP contribution in [0.4, 0.5) is 5.69 Å². The van der Waals surface area contributed by atoms with Crippen LogP contribution in [0.3, 0.4) is 0 Å². The van der Waals surface area contributed by atoms with Crippen molar-refractivity contribution in [1.82, 2.24) is 4.72 Å². The number of rotatable bonds is 8. The van der Waals surface area contributed by atoms with Gasteiger partial charge < -0.3 is 10.0 Å².